The largest absolute Gasteiger partial charge is 0.459 e. The second kappa shape index (κ2) is 11.6. The van der Waals surface area contributed by atoms with Crippen LogP contribution in [0.2, 0.25) is 0 Å². The van der Waals surface area contributed by atoms with E-state index in [4.69, 9.17) is 4.74 Å². The van der Waals surface area contributed by atoms with Gasteiger partial charge in [-0.15, -0.1) is 0 Å². The van der Waals surface area contributed by atoms with E-state index in [0.717, 1.165) is 47.4 Å². The number of aromatic nitrogens is 2. The first-order valence-corrected chi connectivity index (χ1v) is 15.8. The Bertz CT molecular complexity index is 1420. The van der Waals surface area contributed by atoms with Gasteiger partial charge in [-0.2, -0.15) is 17.7 Å². The zero-order valence-electron chi connectivity index (χ0n) is 23.8. The van der Waals surface area contributed by atoms with E-state index < -0.39 is 33.7 Å². The maximum atomic E-state index is 13.9. The van der Waals surface area contributed by atoms with Gasteiger partial charge in [-0.05, 0) is 43.7 Å². The average molecular weight is 586 g/mol. The fraction of sp³-hybridized carbons (Fsp3) is 0.586. The lowest BCUT2D eigenvalue weighted by atomic mass is 9.91. The smallest absolute Gasteiger partial charge is 0.303 e. The van der Waals surface area contributed by atoms with Gasteiger partial charge >= 0.3 is 10.2 Å². The number of fused-ring (bicyclic) bond motifs is 3. The standard InChI is InChI=1S/C29H39N5O6S/c1-19-11-7-5-4-6-8-12-20-16-29(20,27(37)32-41(38,39)33(2)3)17-25(35)24-15-21(18-34(24)26(19)36)40-28-30-22-13-9-10-14-23(22)31-28/h8-10,12-14,19-21,24H,4-7,11,15-18H2,1-3H3,(H,30,31)(H,32,37)/b12-8-/t19-,20-,21+,24-,29+/m0/s1. The van der Waals surface area contributed by atoms with Crippen molar-refractivity contribution in [2.45, 2.75) is 70.4 Å². The van der Waals surface area contributed by atoms with E-state index in [2.05, 4.69) is 14.7 Å². The summed E-state index contributed by atoms with van der Waals surface area (Å²) in [6.07, 6.45) is 8.39. The molecule has 0 unspecified atom stereocenters. The fourth-order valence-corrected chi connectivity index (χ4v) is 6.62. The quantitative estimate of drug-likeness (QED) is 0.514. The third-order valence-corrected chi connectivity index (χ3v) is 10.0. The topological polar surface area (TPSA) is 142 Å². The van der Waals surface area contributed by atoms with Crippen LogP contribution in [-0.2, 0) is 24.6 Å². The molecule has 1 aliphatic carbocycles. The van der Waals surface area contributed by atoms with E-state index in [1.54, 1.807) is 4.90 Å². The first-order valence-electron chi connectivity index (χ1n) is 14.4. The number of benzene rings is 1. The number of Topliss-reactive ketones (excluding diaryl/α,β-unsaturated/α-hetero) is 1. The van der Waals surface area contributed by atoms with Gasteiger partial charge in [0.1, 0.15) is 6.10 Å². The highest BCUT2D eigenvalue weighted by atomic mass is 32.2. The van der Waals surface area contributed by atoms with Crippen LogP contribution in [0.3, 0.4) is 0 Å². The fourth-order valence-electron chi connectivity index (χ4n) is 6.00. The summed E-state index contributed by atoms with van der Waals surface area (Å²) < 4.78 is 34.2. The number of ketones is 1. The van der Waals surface area contributed by atoms with Crippen LogP contribution < -0.4 is 9.46 Å². The van der Waals surface area contributed by atoms with Crippen LogP contribution in [-0.4, -0.2) is 78.0 Å². The molecule has 0 bridgehead atoms. The molecule has 222 valence electrons. The third kappa shape index (κ3) is 6.18. The number of para-hydroxylation sites is 2. The van der Waals surface area contributed by atoms with Crippen LogP contribution >= 0.6 is 0 Å². The van der Waals surface area contributed by atoms with Crippen molar-refractivity contribution in [2.24, 2.45) is 17.3 Å². The highest BCUT2D eigenvalue weighted by Gasteiger charge is 2.61. The molecule has 2 aromatic rings. The number of hydrogen-bond donors (Lipinski definition) is 2. The predicted octanol–water partition coefficient (Wildman–Crippen LogP) is 2.96. The van der Waals surface area contributed by atoms with Crippen molar-refractivity contribution >= 4 is 38.8 Å². The minimum Gasteiger partial charge on any atom is -0.459 e. The van der Waals surface area contributed by atoms with E-state index in [0.29, 0.717) is 12.4 Å². The number of carbonyl (C=O) groups is 3. The van der Waals surface area contributed by atoms with Gasteiger partial charge < -0.3 is 14.6 Å². The molecule has 2 amide bonds. The summed E-state index contributed by atoms with van der Waals surface area (Å²) in [5.74, 6) is -1.55. The van der Waals surface area contributed by atoms with Crippen molar-refractivity contribution in [1.29, 1.82) is 0 Å². The van der Waals surface area contributed by atoms with E-state index in [9.17, 15) is 22.8 Å². The highest BCUT2D eigenvalue weighted by Crippen LogP contribution is 2.57. The number of amides is 2. The maximum absolute atomic E-state index is 13.9. The lowest BCUT2D eigenvalue weighted by Gasteiger charge is -2.27. The minimum atomic E-state index is -4.03. The number of hydrogen-bond acceptors (Lipinski definition) is 7. The molecule has 11 nitrogen and oxygen atoms in total. The maximum Gasteiger partial charge on any atom is 0.303 e. The number of allylic oxidation sites excluding steroid dienone is 2. The molecular formula is C29H39N5O6S. The average Bonchev–Trinajstić information content (AvgIpc) is 3.24. The number of nitrogens with one attached hydrogen (secondary N) is 2. The van der Waals surface area contributed by atoms with Crippen molar-refractivity contribution in [3.05, 3.63) is 36.4 Å². The van der Waals surface area contributed by atoms with Gasteiger partial charge in [0.15, 0.2) is 5.78 Å². The molecule has 0 spiro atoms. The monoisotopic (exact) mass is 585 g/mol. The van der Waals surface area contributed by atoms with Gasteiger partial charge in [0.05, 0.1) is 29.0 Å². The molecule has 0 radical (unpaired) electrons. The Labute approximate surface area is 240 Å². The molecule has 12 heteroatoms. The van der Waals surface area contributed by atoms with Gasteiger partial charge in [-0.25, -0.2) is 4.72 Å². The van der Waals surface area contributed by atoms with E-state index >= 15 is 0 Å². The number of aromatic amines is 1. The lowest BCUT2D eigenvalue weighted by molar-refractivity contribution is -0.141. The van der Waals surface area contributed by atoms with Crippen molar-refractivity contribution in [3.8, 4) is 6.01 Å². The molecule has 2 fully saturated rings. The van der Waals surface area contributed by atoms with Crippen LogP contribution in [0.5, 0.6) is 6.01 Å². The molecule has 5 rings (SSSR count). The molecule has 3 aliphatic rings. The van der Waals surface area contributed by atoms with Crippen molar-refractivity contribution in [1.82, 2.24) is 23.9 Å². The van der Waals surface area contributed by atoms with Crippen molar-refractivity contribution < 1.29 is 27.5 Å². The molecule has 2 aliphatic heterocycles. The lowest BCUT2D eigenvalue weighted by Crippen LogP contribution is -2.47. The number of nitrogens with zero attached hydrogens (tertiary/aromatic N) is 3. The Morgan fingerprint density at radius 1 is 1.20 bits per heavy atom. The Hall–Kier alpha value is -3.25. The van der Waals surface area contributed by atoms with Crippen LogP contribution in [0.4, 0.5) is 0 Å². The van der Waals surface area contributed by atoms with Crippen molar-refractivity contribution in [3.63, 3.8) is 0 Å². The van der Waals surface area contributed by atoms with E-state index in [-0.39, 0.29) is 42.9 Å². The number of imidazole rings is 1. The third-order valence-electron chi connectivity index (χ3n) is 8.64. The van der Waals surface area contributed by atoms with Gasteiger partial charge in [-0.3, -0.25) is 14.4 Å². The molecule has 5 atom stereocenters. The summed E-state index contributed by atoms with van der Waals surface area (Å²) in [5.41, 5.74) is 0.406. The van der Waals surface area contributed by atoms with Gasteiger partial charge in [0.25, 0.3) is 6.01 Å². The first kappa shape index (κ1) is 29.2. The summed E-state index contributed by atoms with van der Waals surface area (Å²) in [5, 5.41) is 0. The van der Waals surface area contributed by atoms with Crippen LogP contribution in [0.15, 0.2) is 36.4 Å². The summed E-state index contributed by atoms with van der Waals surface area (Å²) >= 11 is 0. The molecule has 1 aromatic heterocycles. The Kier molecular flexibility index (Phi) is 8.24. The predicted molar refractivity (Wildman–Crippen MR) is 153 cm³/mol. The summed E-state index contributed by atoms with van der Waals surface area (Å²) in [7, 11) is -1.35. The molecule has 3 heterocycles. The number of rotatable bonds is 5. The van der Waals surface area contributed by atoms with Gasteiger partial charge in [0, 0.05) is 32.9 Å². The summed E-state index contributed by atoms with van der Waals surface area (Å²) in [6, 6.07) is 7.09. The first-order chi connectivity index (χ1) is 19.5. The Morgan fingerprint density at radius 3 is 2.73 bits per heavy atom. The molecule has 41 heavy (non-hydrogen) atoms. The zero-order valence-corrected chi connectivity index (χ0v) is 24.7. The molecule has 1 aromatic carbocycles. The van der Waals surface area contributed by atoms with Crippen LogP contribution in [0.25, 0.3) is 11.0 Å². The van der Waals surface area contributed by atoms with Gasteiger partial charge in [0.2, 0.25) is 11.8 Å². The van der Waals surface area contributed by atoms with Crippen LogP contribution in [0.1, 0.15) is 58.3 Å². The number of ether oxygens (including phenoxy) is 1. The second-order valence-electron chi connectivity index (χ2n) is 11.8. The molecular weight excluding hydrogens is 546 g/mol. The molecule has 2 N–H and O–H groups in total. The molecule has 1 saturated heterocycles. The minimum absolute atomic E-state index is 0.104. The SMILES string of the molecule is C[C@H]1CCCCC/C=C\[C@H]2C[C@@]2(C(=O)NS(=O)(=O)N(C)C)CC(=O)[C@@H]2C[C@@H](Oc3nc4ccccc4[nH]3)CN2C1=O. The van der Waals surface area contributed by atoms with E-state index in [1.165, 1.54) is 14.1 Å². The summed E-state index contributed by atoms with van der Waals surface area (Å²) in [6.45, 7) is 2.13. The number of carbonyl (C=O) groups excluding carboxylic acids is 3. The van der Waals surface area contributed by atoms with Gasteiger partial charge in [-0.1, -0.05) is 44.1 Å². The Morgan fingerprint density at radius 2 is 1.98 bits per heavy atom. The van der Waals surface area contributed by atoms with Crippen LogP contribution in [0, 0.1) is 17.3 Å². The molecule has 1 saturated carbocycles. The highest BCUT2D eigenvalue weighted by molar-refractivity contribution is 7.87. The van der Waals surface area contributed by atoms with Crippen molar-refractivity contribution in [2.75, 3.05) is 20.6 Å². The normalized spacial score (nSPS) is 30.3. The number of H-pyrrole nitrogens is 1. The summed E-state index contributed by atoms with van der Waals surface area (Å²) in [4.78, 5) is 50.2. The zero-order chi connectivity index (χ0) is 29.4. The second-order valence-corrected chi connectivity index (χ2v) is 13.7. The Balaban J connectivity index is 1.40. The van der Waals surface area contributed by atoms with E-state index in [1.807, 2.05) is 43.3 Å².